The zero-order valence-corrected chi connectivity index (χ0v) is 17.1. The van der Waals surface area contributed by atoms with E-state index in [2.05, 4.69) is 9.71 Å². The number of allylic oxidation sites excluding steroid dienone is 1. The van der Waals surface area contributed by atoms with Crippen molar-refractivity contribution in [2.24, 2.45) is 4.40 Å². The van der Waals surface area contributed by atoms with Crippen molar-refractivity contribution in [1.29, 1.82) is 0 Å². The molecule has 0 radical (unpaired) electrons. The van der Waals surface area contributed by atoms with Gasteiger partial charge >= 0.3 is 10.2 Å². The van der Waals surface area contributed by atoms with Crippen molar-refractivity contribution in [1.82, 2.24) is 9.62 Å². The molecular formula is C20H21N3O5S. The van der Waals surface area contributed by atoms with Crippen LogP contribution in [0.15, 0.2) is 64.7 Å². The molecule has 0 unspecified atom stereocenters. The van der Waals surface area contributed by atoms with Crippen LogP contribution in [0.25, 0.3) is 0 Å². The molecule has 0 atom stereocenters. The van der Waals surface area contributed by atoms with Crippen molar-refractivity contribution < 1.29 is 22.7 Å². The van der Waals surface area contributed by atoms with Crippen LogP contribution in [0.4, 0.5) is 0 Å². The molecule has 0 bridgehead atoms. The Labute approximate surface area is 169 Å². The first-order valence-corrected chi connectivity index (χ1v) is 10.1. The third-order valence-electron chi connectivity index (χ3n) is 4.38. The molecule has 2 aromatic carbocycles. The first-order chi connectivity index (χ1) is 13.9. The number of methoxy groups -OCH3 is 2. The molecule has 1 aliphatic heterocycles. The van der Waals surface area contributed by atoms with Crippen LogP contribution in [0.3, 0.4) is 0 Å². The van der Waals surface area contributed by atoms with Gasteiger partial charge in [0.25, 0.3) is 5.91 Å². The van der Waals surface area contributed by atoms with E-state index in [1.54, 1.807) is 18.2 Å². The highest BCUT2D eigenvalue weighted by Gasteiger charge is 2.30. The van der Waals surface area contributed by atoms with E-state index in [1.807, 2.05) is 30.3 Å². The predicted octanol–water partition coefficient (Wildman–Crippen LogP) is 1.88. The molecule has 1 N–H and O–H groups in total. The van der Waals surface area contributed by atoms with Crippen LogP contribution in [0.5, 0.6) is 11.5 Å². The Bertz CT molecular complexity index is 1080. The van der Waals surface area contributed by atoms with Crippen molar-refractivity contribution in [3.8, 4) is 11.5 Å². The minimum absolute atomic E-state index is 0.0456. The molecule has 152 valence electrons. The Morgan fingerprint density at radius 1 is 1.10 bits per heavy atom. The molecule has 0 fully saturated rings. The molecule has 3 rings (SSSR count). The summed E-state index contributed by atoms with van der Waals surface area (Å²) in [5.41, 5.74) is 1.34. The van der Waals surface area contributed by atoms with Gasteiger partial charge in [-0.25, -0.2) is 4.31 Å². The van der Waals surface area contributed by atoms with Gasteiger partial charge in [0.2, 0.25) is 0 Å². The van der Waals surface area contributed by atoms with Gasteiger partial charge in [-0.2, -0.15) is 8.42 Å². The van der Waals surface area contributed by atoms with Crippen LogP contribution >= 0.6 is 0 Å². The molecule has 29 heavy (non-hydrogen) atoms. The summed E-state index contributed by atoms with van der Waals surface area (Å²) in [6.45, 7) is 0.264. The van der Waals surface area contributed by atoms with E-state index in [-0.39, 0.29) is 18.0 Å². The number of carbonyl (C=O) groups is 1. The van der Waals surface area contributed by atoms with Crippen LogP contribution in [0, 0.1) is 0 Å². The topological polar surface area (TPSA) is 97.3 Å². The summed E-state index contributed by atoms with van der Waals surface area (Å²) in [5, 5.41) is 2.74. The van der Waals surface area contributed by atoms with E-state index < -0.39 is 16.1 Å². The van der Waals surface area contributed by atoms with Crippen LogP contribution < -0.4 is 14.8 Å². The number of ether oxygens (including phenoxy) is 2. The van der Waals surface area contributed by atoms with Gasteiger partial charge < -0.3 is 14.8 Å². The summed E-state index contributed by atoms with van der Waals surface area (Å²) in [4.78, 5) is 12.7. The van der Waals surface area contributed by atoms with E-state index in [1.165, 1.54) is 27.3 Å². The average molecular weight is 415 g/mol. The van der Waals surface area contributed by atoms with E-state index in [0.29, 0.717) is 17.1 Å². The quantitative estimate of drug-likeness (QED) is 0.777. The standard InChI is InChI=1S/C20H21N3O5S/c1-23-18(20(24)21-13-14-7-5-4-6-8-14)12-17(22-29(23,25)26)16-11-15(27-2)9-10-19(16)28-3/h4-12H,13H2,1-3H3,(H,21,24). The smallest absolute Gasteiger partial charge is 0.345 e. The average Bonchev–Trinajstić information content (AvgIpc) is 2.74. The lowest BCUT2D eigenvalue weighted by atomic mass is 10.1. The molecule has 1 heterocycles. The lowest BCUT2D eigenvalue weighted by Crippen LogP contribution is -2.38. The molecule has 9 heteroatoms. The number of nitrogens with zero attached hydrogens (tertiary/aromatic N) is 2. The van der Waals surface area contributed by atoms with Crippen molar-refractivity contribution in [2.75, 3.05) is 21.3 Å². The summed E-state index contributed by atoms with van der Waals surface area (Å²) in [7, 11) is 0.161. The fourth-order valence-corrected chi connectivity index (χ4v) is 3.68. The Hall–Kier alpha value is -3.33. The summed E-state index contributed by atoms with van der Waals surface area (Å²) in [6.07, 6.45) is 1.42. The fraction of sp³-hybridized carbons (Fsp3) is 0.200. The van der Waals surface area contributed by atoms with Crippen LogP contribution in [0.2, 0.25) is 0 Å². The number of hydrogen-bond donors (Lipinski definition) is 1. The zero-order valence-electron chi connectivity index (χ0n) is 16.2. The monoisotopic (exact) mass is 415 g/mol. The Balaban J connectivity index is 1.96. The van der Waals surface area contributed by atoms with Crippen molar-refractivity contribution in [3.63, 3.8) is 0 Å². The highest BCUT2D eigenvalue weighted by Crippen LogP contribution is 2.28. The summed E-state index contributed by atoms with van der Waals surface area (Å²) < 4.78 is 40.3. The molecule has 8 nitrogen and oxygen atoms in total. The maximum atomic E-state index is 12.7. The van der Waals surface area contributed by atoms with E-state index in [4.69, 9.17) is 9.47 Å². The first-order valence-electron chi connectivity index (χ1n) is 8.70. The van der Waals surface area contributed by atoms with Crippen molar-refractivity contribution in [2.45, 2.75) is 6.54 Å². The number of carbonyl (C=O) groups excluding carboxylic acids is 1. The Morgan fingerprint density at radius 3 is 2.48 bits per heavy atom. The van der Waals surface area contributed by atoms with Crippen LogP contribution in [-0.4, -0.2) is 45.6 Å². The molecule has 1 amide bonds. The number of likely N-dealkylation sites (N-methyl/N-ethyl adjacent to an activating group) is 1. The van der Waals surface area contributed by atoms with Gasteiger partial charge in [0.1, 0.15) is 17.2 Å². The van der Waals surface area contributed by atoms with Gasteiger partial charge in [-0.1, -0.05) is 30.3 Å². The molecule has 0 saturated carbocycles. The lowest BCUT2D eigenvalue weighted by molar-refractivity contribution is -0.118. The fourth-order valence-electron chi connectivity index (χ4n) is 2.78. The van der Waals surface area contributed by atoms with Gasteiger partial charge in [0.05, 0.1) is 19.9 Å². The first kappa shape index (κ1) is 20.4. The summed E-state index contributed by atoms with van der Waals surface area (Å²) in [6, 6.07) is 14.3. The van der Waals surface area contributed by atoms with Crippen LogP contribution in [0.1, 0.15) is 11.1 Å². The Kier molecular flexibility index (Phi) is 5.88. The second kappa shape index (κ2) is 8.36. The highest BCUT2D eigenvalue weighted by atomic mass is 32.2. The SMILES string of the molecule is COc1ccc(OC)c(C2=NS(=O)(=O)N(C)C(C(=O)NCc3ccccc3)=C2)c1. The van der Waals surface area contributed by atoms with Gasteiger partial charge in [0.15, 0.2) is 0 Å². The molecule has 0 aromatic heterocycles. The number of rotatable bonds is 6. The normalized spacial score (nSPS) is 15.2. The minimum Gasteiger partial charge on any atom is -0.497 e. The molecular weight excluding hydrogens is 394 g/mol. The van der Waals surface area contributed by atoms with E-state index in [9.17, 15) is 13.2 Å². The van der Waals surface area contributed by atoms with Gasteiger partial charge in [-0.15, -0.1) is 4.40 Å². The van der Waals surface area contributed by atoms with Gasteiger partial charge in [0, 0.05) is 19.2 Å². The second-order valence-corrected chi connectivity index (χ2v) is 7.81. The number of amides is 1. The van der Waals surface area contributed by atoms with Crippen molar-refractivity contribution in [3.05, 3.63) is 71.4 Å². The number of hydrogen-bond acceptors (Lipinski definition) is 5. The van der Waals surface area contributed by atoms with Gasteiger partial charge in [-0.3, -0.25) is 4.79 Å². The highest BCUT2D eigenvalue weighted by molar-refractivity contribution is 7.88. The summed E-state index contributed by atoms with van der Waals surface area (Å²) in [5.74, 6) is 0.377. The maximum Gasteiger partial charge on any atom is 0.345 e. The molecule has 1 aliphatic rings. The van der Waals surface area contributed by atoms with Gasteiger partial charge in [-0.05, 0) is 29.8 Å². The van der Waals surface area contributed by atoms with E-state index in [0.717, 1.165) is 9.87 Å². The largest absolute Gasteiger partial charge is 0.497 e. The zero-order chi connectivity index (χ0) is 21.0. The van der Waals surface area contributed by atoms with Crippen molar-refractivity contribution >= 4 is 21.8 Å². The van der Waals surface area contributed by atoms with Crippen LogP contribution in [-0.2, 0) is 21.5 Å². The molecule has 0 saturated heterocycles. The lowest BCUT2D eigenvalue weighted by Gasteiger charge is -2.24. The summed E-state index contributed by atoms with van der Waals surface area (Å²) >= 11 is 0. The molecule has 2 aromatic rings. The predicted molar refractivity (Wildman–Crippen MR) is 109 cm³/mol. The third kappa shape index (κ3) is 4.40. The van der Waals surface area contributed by atoms with E-state index >= 15 is 0 Å². The minimum atomic E-state index is -4.08. The second-order valence-electron chi connectivity index (χ2n) is 6.19. The molecule has 0 spiro atoms. The number of benzene rings is 2. The Morgan fingerprint density at radius 2 is 1.83 bits per heavy atom. The third-order valence-corrected chi connectivity index (χ3v) is 5.70. The molecule has 0 aliphatic carbocycles. The maximum absolute atomic E-state index is 12.7. The number of nitrogens with one attached hydrogen (secondary N) is 1.